The monoisotopic (exact) mass is 639 g/mol. The van der Waals surface area contributed by atoms with Crippen LogP contribution in [0.25, 0.3) is 10.8 Å². The third-order valence-corrected chi connectivity index (χ3v) is 9.54. The van der Waals surface area contributed by atoms with Crippen molar-refractivity contribution >= 4 is 28.1 Å². The summed E-state index contributed by atoms with van der Waals surface area (Å²) in [7, 11) is 0. The highest BCUT2D eigenvalue weighted by atomic mass is 19.2. The molecule has 0 N–H and O–H groups in total. The molecule has 2 saturated heterocycles. The minimum Gasteiger partial charge on any atom is -0.477 e. The summed E-state index contributed by atoms with van der Waals surface area (Å²) in [6, 6.07) is 16.8. The molecule has 3 atom stereocenters. The SMILES string of the molecule is C=CC(=O)N1CCN(c2c(C#N)c(OCCCN3C[C@@H](F)[C@@H](F)C3)nc3c2CCN(c2cccc4cccc(C)c24)C3)CC1CC#N. The maximum absolute atomic E-state index is 13.7. The van der Waals surface area contributed by atoms with E-state index in [1.807, 2.05) is 0 Å². The molecule has 47 heavy (non-hydrogen) atoms. The molecule has 0 bridgehead atoms. The fourth-order valence-electron chi connectivity index (χ4n) is 7.25. The summed E-state index contributed by atoms with van der Waals surface area (Å²) in [5.74, 6) is 0.00941. The van der Waals surface area contributed by atoms with Gasteiger partial charge in [-0.1, -0.05) is 36.9 Å². The molecular weight excluding hydrogens is 600 g/mol. The van der Waals surface area contributed by atoms with Crippen molar-refractivity contribution in [1.29, 1.82) is 10.5 Å². The Bertz CT molecular complexity index is 1740. The molecule has 0 aliphatic carbocycles. The molecule has 244 valence electrons. The van der Waals surface area contributed by atoms with Crippen LogP contribution < -0.4 is 14.5 Å². The highest BCUT2D eigenvalue weighted by Gasteiger charge is 2.35. The molecule has 2 aromatic carbocycles. The number of piperazine rings is 1. The van der Waals surface area contributed by atoms with Crippen LogP contribution in [-0.2, 0) is 17.8 Å². The van der Waals surface area contributed by atoms with Crippen molar-refractivity contribution in [2.75, 3.05) is 62.2 Å². The molecule has 0 radical (unpaired) electrons. The lowest BCUT2D eigenvalue weighted by Crippen LogP contribution is -2.55. The number of nitriles is 2. The predicted octanol–water partition coefficient (Wildman–Crippen LogP) is 4.86. The first-order valence-electron chi connectivity index (χ1n) is 16.2. The molecule has 1 amide bonds. The zero-order valence-electron chi connectivity index (χ0n) is 26.7. The first-order valence-corrected chi connectivity index (χ1v) is 16.2. The Kier molecular flexibility index (Phi) is 9.55. The van der Waals surface area contributed by atoms with E-state index in [9.17, 15) is 24.1 Å². The first-order chi connectivity index (χ1) is 22.8. The fraction of sp³-hybridized carbons (Fsp3) is 0.444. The van der Waals surface area contributed by atoms with Gasteiger partial charge in [0.2, 0.25) is 11.8 Å². The normalized spacial score (nSPS) is 21.3. The van der Waals surface area contributed by atoms with Crippen LogP contribution in [-0.4, -0.2) is 91.5 Å². The number of amides is 1. The summed E-state index contributed by atoms with van der Waals surface area (Å²) < 4.78 is 33.6. The lowest BCUT2D eigenvalue weighted by atomic mass is 9.95. The number of hydrogen-bond acceptors (Lipinski definition) is 8. The minimum absolute atomic E-state index is 0.0690. The van der Waals surface area contributed by atoms with Crippen molar-refractivity contribution < 1.29 is 18.3 Å². The standard InChI is InChI=1S/C36H39F2N7O2/c1-3-33(46)45-17-16-44(20-26(45)11-13-39)35-27-12-15-43(32-10-5-9-25-8-4-7-24(2)34(25)32)23-31(27)41-36(28(35)19-40)47-18-6-14-42-21-29(37)30(38)22-42/h3-5,7-10,26,29-30H,1,6,11-12,14-18,20-23H2,2H3/t26?,29-,30+. The summed E-state index contributed by atoms with van der Waals surface area (Å²) >= 11 is 0. The zero-order valence-corrected chi connectivity index (χ0v) is 26.7. The molecule has 2 fully saturated rings. The number of pyridine rings is 1. The van der Waals surface area contributed by atoms with E-state index in [0.717, 1.165) is 34.6 Å². The van der Waals surface area contributed by atoms with E-state index in [-0.39, 0.29) is 43.9 Å². The molecule has 0 saturated carbocycles. The van der Waals surface area contributed by atoms with E-state index < -0.39 is 12.3 Å². The number of likely N-dealkylation sites (tertiary alicyclic amines) is 1. The second-order valence-corrected chi connectivity index (χ2v) is 12.5. The van der Waals surface area contributed by atoms with E-state index in [2.05, 4.69) is 71.8 Å². The van der Waals surface area contributed by atoms with E-state index in [1.165, 1.54) is 17.0 Å². The second kappa shape index (κ2) is 13.9. The van der Waals surface area contributed by atoms with E-state index in [1.54, 1.807) is 9.80 Å². The van der Waals surface area contributed by atoms with Gasteiger partial charge in [-0.2, -0.15) is 10.5 Å². The summed E-state index contributed by atoms with van der Waals surface area (Å²) in [4.78, 5) is 25.4. The number of aryl methyl sites for hydroxylation is 1. The van der Waals surface area contributed by atoms with Gasteiger partial charge in [0.15, 0.2) is 0 Å². The van der Waals surface area contributed by atoms with Crippen LogP contribution in [0.4, 0.5) is 20.2 Å². The van der Waals surface area contributed by atoms with Crippen LogP contribution in [0.2, 0.25) is 0 Å². The van der Waals surface area contributed by atoms with Gasteiger partial charge in [0, 0.05) is 62.5 Å². The van der Waals surface area contributed by atoms with Crippen LogP contribution in [0.3, 0.4) is 0 Å². The lowest BCUT2D eigenvalue weighted by molar-refractivity contribution is -0.128. The molecule has 3 aliphatic heterocycles. The summed E-state index contributed by atoms with van der Waals surface area (Å²) in [5.41, 5.74) is 5.16. The number of carbonyl (C=O) groups is 1. The molecule has 3 aromatic rings. The average Bonchev–Trinajstić information content (AvgIpc) is 3.41. The Morgan fingerprint density at radius 2 is 1.85 bits per heavy atom. The number of alkyl halides is 2. The van der Waals surface area contributed by atoms with Gasteiger partial charge in [-0.3, -0.25) is 9.69 Å². The Hall–Kier alpha value is -4.74. The van der Waals surface area contributed by atoms with Crippen molar-refractivity contribution in [3.63, 3.8) is 0 Å². The van der Waals surface area contributed by atoms with Crippen LogP contribution in [0.5, 0.6) is 5.88 Å². The smallest absolute Gasteiger partial charge is 0.246 e. The number of anilines is 2. The zero-order chi connectivity index (χ0) is 33.1. The fourth-order valence-corrected chi connectivity index (χ4v) is 7.25. The number of fused-ring (bicyclic) bond motifs is 2. The van der Waals surface area contributed by atoms with Gasteiger partial charge in [-0.25, -0.2) is 13.8 Å². The van der Waals surface area contributed by atoms with Crippen molar-refractivity contribution in [1.82, 2.24) is 14.8 Å². The van der Waals surface area contributed by atoms with Gasteiger partial charge in [0.05, 0.1) is 43.1 Å². The third kappa shape index (κ3) is 6.45. The molecule has 3 aliphatic rings. The van der Waals surface area contributed by atoms with Crippen LogP contribution in [0.1, 0.15) is 35.2 Å². The van der Waals surface area contributed by atoms with Gasteiger partial charge in [-0.05, 0) is 42.9 Å². The first kappa shape index (κ1) is 32.2. The van der Waals surface area contributed by atoms with Crippen LogP contribution >= 0.6 is 0 Å². The predicted molar refractivity (Wildman–Crippen MR) is 177 cm³/mol. The summed E-state index contributed by atoms with van der Waals surface area (Å²) in [5, 5.41) is 22.5. The van der Waals surface area contributed by atoms with Crippen molar-refractivity contribution in [2.24, 2.45) is 0 Å². The van der Waals surface area contributed by atoms with Crippen molar-refractivity contribution in [2.45, 2.75) is 51.1 Å². The van der Waals surface area contributed by atoms with Gasteiger partial charge >= 0.3 is 0 Å². The van der Waals surface area contributed by atoms with Gasteiger partial charge in [0.25, 0.3) is 0 Å². The third-order valence-electron chi connectivity index (χ3n) is 9.54. The van der Waals surface area contributed by atoms with E-state index >= 15 is 0 Å². The molecule has 4 heterocycles. The second-order valence-electron chi connectivity index (χ2n) is 12.5. The van der Waals surface area contributed by atoms with Gasteiger partial charge < -0.3 is 19.4 Å². The molecule has 9 nitrogen and oxygen atoms in total. The molecular formula is C36H39F2N7O2. The van der Waals surface area contributed by atoms with Crippen molar-refractivity contribution in [3.8, 4) is 18.0 Å². The molecule has 6 rings (SSSR count). The Morgan fingerprint density at radius 1 is 1.09 bits per heavy atom. The van der Waals surface area contributed by atoms with E-state index in [4.69, 9.17) is 9.72 Å². The molecule has 1 aromatic heterocycles. The van der Waals surface area contributed by atoms with Crippen LogP contribution in [0, 0.1) is 29.6 Å². The highest BCUT2D eigenvalue weighted by molar-refractivity contribution is 5.97. The van der Waals surface area contributed by atoms with E-state index in [0.29, 0.717) is 51.1 Å². The number of carbonyl (C=O) groups excluding carboxylic acids is 1. The number of aromatic nitrogens is 1. The van der Waals surface area contributed by atoms with Crippen LogP contribution in [0.15, 0.2) is 49.1 Å². The quantitative estimate of drug-likeness (QED) is 0.242. The molecule has 11 heteroatoms. The number of ether oxygens (including phenoxy) is 1. The largest absolute Gasteiger partial charge is 0.477 e. The molecule has 1 unspecified atom stereocenters. The average molecular weight is 640 g/mol. The molecule has 0 spiro atoms. The number of hydrogen-bond donors (Lipinski definition) is 0. The Balaban J connectivity index is 1.33. The van der Waals surface area contributed by atoms with Crippen molar-refractivity contribution in [3.05, 3.63) is 71.4 Å². The number of benzene rings is 2. The minimum atomic E-state index is -1.47. The number of nitrogens with zero attached hydrogens (tertiary/aromatic N) is 7. The maximum atomic E-state index is 13.7. The highest BCUT2D eigenvalue weighted by Crippen LogP contribution is 2.40. The Morgan fingerprint density at radius 3 is 2.57 bits per heavy atom. The van der Waals surface area contributed by atoms with Gasteiger partial charge in [0.1, 0.15) is 24.0 Å². The number of rotatable bonds is 9. The number of halogens is 2. The summed E-state index contributed by atoms with van der Waals surface area (Å²) in [6.45, 7) is 9.06. The maximum Gasteiger partial charge on any atom is 0.246 e. The van der Waals surface area contributed by atoms with Gasteiger partial charge in [-0.15, -0.1) is 0 Å². The Labute approximate surface area is 274 Å². The lowest BCUT2D eigenvalue weighted by Gasteiger charge is -2.43. The summed E-state index contributed by atoms with van der Waals surface area (Å²) in [6.07, 6.45) is -0.342. The topological polar surface area (TPSA) is 99.7 Å².